The Bertz CT molecular complexity index is 1470. The summed E-state index contributed by atoms with van der Waals surface area (Å²) in [5.74, 6) is 0.514. The second kappa shape index (κ2) is 15.2. The molecule has 1 unspecified atom stereocenters. The lowest BCUT2D eigenvalue weighted by molar-refractivity contribution is -0.136. The number of carbonyl (C=O) groups is 4. The fourth-order valence-electron chi connectivity index (χ4n) is 5.67. The van der Waals surface area contributed by atoms with Crippen LogP contribution in [0.5, 0.6) is 0 Å². The van der Waals surface area contributed by atoms with Gasteiger partial charge in [0.25, 0.3) is 0 Å². The summed E-state index contributed by atoms with van der Waals surface area (Å²) in [4.78, 5) is 55.7. The van der Waals surface area contributed by atoms with Gasteiger partial charge in [0, 0.05) is 41.5 Å². The quantitative estimate of drug-likeness (QED) is 0.262. The molecule has 2 atom stereocenters. The maximum absolute atomic E-state index is 13.0. The second-order valence-electron chi connectivity index (χ2n) is 11.0. The molecule has 0 radical (unpaired) electrons. The third kappa shape index (κ3) is 8.18. The number of carbonyl (C=O) groups excluding carboxylic acids is 4. The Morgan fingerprint density at radius 3 is 1.80 bits per heavy atom. The van der Waals surface area contributed by atoms with Crippen LogP contribution < -0.4 is 10.6 Å². The van der Waals surface area contributed by atoms with Crippen LogP contribution in [0.3, 0.4) is 0 Å². The molecule has 5 rings (SSSR count). The van der Waals surface area contributed by atoms with Gasteiger partial charge >= 0.3 is 0 Å². The van der Waals surface area contributed by atoms with E-state index in [-0.39, 0.29) is 23.6 Å². The third-order valence-corrected chi connectivity index (χ3v) is 9.49. The first-order valence-corrected chi connectivity index (χ1v) is 17.3. The Morgan fingerprint density at radius 1 is 0.795 bits per heavy atom. The lowest BCUT2D eigenvalue weighted by Gasteiger charge is -2.24. The van der Waals surface area contributed by atoms with Gasteiger partial charge in [-0.05, 0) is 78.8 Å². The van der Waals surface area contributed by atoms with E-state index in [1.165, 1.54) is 0 Å². The van der Waals surface area contributed by atoms with Crippen LogP contribution in [0, 0.1) is 0 Å². The molecule has 2 saturated heterocycles. The molecule has 2 fully saturated rings. The maximum Gasteiger partial charge on any atom is 0.247 e. The van der Waals surface area contributed by atoms with E-state index in [1.807, 2.05) is 84.5 Å². The zero-order valence-electron chi connectivity index (χ0n) is 24.9. The molecule has 0 bridgehead atoms. The van der Waals surface area contributed by atoms with Crippen molar-refractivity contribution in [3.8, 4) is 0 Å². The summed E-state index contributed by atoms with van der Waals surface area (Å²) in [5.41, 5.74) is 3.34. The first-order valence-electron chi connectivity index (χ1n) is 15.0. The molecular weight excluding hydrogens is 593 g/mol. The smallest absolute Gasteiger partial charge is 0.247 e. The van der Waals surface area contributed by atoms with Crippen LogP contribution in [0.4, 0.5) is 11.4 Å². The number of benzene rings is 2. The molecule has 8 nitrogen and oxygen atoms in total. The molecule has 1 aromatic heterocycles. The van der Waals surface area contributed by atoms with E-state index in [9.17, 15) is 19.2 Å². The molecule has 2 aliphatic heterocycles. The van der Waals surface area contributed by atoms with Gasteiger partial charge in [-0.1, -0.05) is 42.5 Å². The number of hydrogen-bond donors (Lipinski definition) is 2. The second-order valence-corrected chi connectivity index (χ2v) is 13.1. The van der Waals surface area contributed by atoms with E-state index >= 15 is 0 Å². The van der Waals surface area contributed by atoms with E-state index in [2.05, 4.69) is 10.6 Å². The average Bonchev–Trinajstić information content (AvgIpc) is 3.82. The van der Waals surface area contributed by atoms with Gasteiger partial charge in [-0.25, -0.2) is 0 Å². The molecule has 10 heteroatoms. The Morgan fingerprint density at radius 2 is 1.32 bits per heavy atom. The zero-order valence-corrected chi connectivity index (χ0v) is 26.5. The molecule has 230 valence electrons. The lowest BCUT2D eigenvalue weighted by Crippen LogP contribution is -2.43. The molecule has 3 heterocycles. The monoisotopic (exact) mass is 630 g/mol. The molecule has 2 aromatic carbocycles. The van der Waals surface area contributed by atoms with Crippen LogP contribution in [-0.2, 0) is 25.6 Å². The van der Waals surface area contributed by atoms with Crippen molar-refractivity contribution in [2.75, 3.05) is 35.7 Å². The van der Waals surface area contributed by atoms with Crippen molar-refractivity contribution in [2.24, 2.45) is 0 Å². The predicted molar refractivity (Wildman–Crippen MR) is 180 cm³/mol. The van der Waals surface area contributed by atoms with Crippen molar-refractivity contribution in [1.29, 1.82) is 0 Å². The SMILES string of the molecule is CSCCC(=O)N1CCCC1C(=O)Nc1ccc(/C=C/c2ccc(NC(=O)[C@@H]3CCCN3C(=O)Cc3cccs3)cc2)cc1. The van der Waals surface area contributed by atoms with E-state index in [0.29, 0.717) is 50.1 Å². The Balaban J connectivity index is 1.11. The number of nitrogens with zero attached hydrogens (tertiary/aromatic N) is 2. The summed E-state index contributed by atoms with van der Waals surface area (Å²) >= 11 is 3.19. The number of likely N-dealkylation sites (tertiary alicyclic amines) is 2. The largest absolute Gasteiger partial charge is 0.331 e. The highest BCUT2D eigenvalue weighted by Crippen LogP contribution is 2.23. The Hall–Kier alpha value is -3.89. The molecular formula is C34H38N4O4S2. The molecule has 2 aliphatic rings. The predicted octanol–water partition coefficient (Wildman–Crippen LogP) is 5.77. The normalized spacial score (nSPS) is 18.1. The van der Waals surface area contributed by atoms with Crippen molar-refractivity contribution >= 4 is 70.3 Å². The van der Waals surface area contributed by atoms with Crippen molar-refractivity contribution < 1.29 is 19.2 Å². The topological polar surface area (TPSA) is 98.8 Å². The summed E-state index contributed by atoms with van der Waals surface area (Å²) in [7, 11) is 0. The summed E-state index contributed by atoms with van der Waals surface area (Å²) in [5, 5.41) is 7.90. The first-order chi connectivity index (χ1) is 21.4. The van der Waals surface area contributed by atoms with E-state index in [4.69, 9.17) is 0 Å². The van der Waals surface area contributed by atoms with Gasteiger partial charge < -0.3 is 20.4 Å². The van der Waals surface area contributed by atoms with Gasteiger partial charge in [-0.3, -0.25) is 19.2 Å². The van der Waals surface area contributed by atoms with Crippen molar-refractivity contribution in [2.45, 2.75) is 50.6 Å². The molecule has 0 spiro atoms. The molecule has 3 aromatic rings. The number of nitrogens with one attached hydrogen (secondary N) is 2. The fourth-order valence-corrected chi connectivity index (χ4v) is 6.75. The number of thioether (sulfide) groups is 1. The van der Waals surface area contributed by atoms with Gasteiger partial charge in [0.15, 0.2) is 0 Å². The highest BCUT2D eigenvalue weighted by Gasteiger charge is 2.35. The van der Waals surface area contributed by atoms with Gasteiger partial charge in [0.05, 0.1) is 6.42 Å². The number of hydrogen-bond acceptors (Lipinski definition) is 6. The van der Waals surface area contributed by atoms with Crippen LogP contribution in [0.2, 0.25) is 0 Å². The van der Waals surface area contributed by atoms with Crippen LogP contribution in [0.15, 0.2) is 66.0 Å². The molecule has 0 aliphatic carbocycles. The van der Waals surface area contributed by atoms with Gasteiger partial charge in [-0.15, -0.1) is 11.3 Å². The molecule has 4 amide bonds. The first kappa shape index (κ1) is 31.5. The van der Waals surface area contributed by atoms with Gasteiger partial charge in [-0.2, -0.15) is 11.8 Å². The molecule has 0 saturated carbocycles. The van der Waals surface area contributed by atoms with Crippen LogP contribution in [0.25, 0.3) is 12.2 Å². The standard InChI is InChI=1S/C34H38N4O4S2/c1-43-22-18-31(39)37-19-2-6-29(37)33(41)35-26-14-10-24(11-15-26)8-9-25-12-16-27(17-13-25)36-34(42)30-7-3-20-38(30)32(40)23-28-5-4-21-44-28/h4-5,8-17,21,29-30H,2-3,6-7,18-20,22-23H2,1H3,(H,35,41)(H,36,42)/b9-8+/t29?,30-/m0/s1. The Kier molecular flexibility index (Phi) is 10.9. The van der Waals surface area contributed by atoms with Crippen molar-refractivity contribution in [1.82, 2.24) is 9.80 Å². The minimum Gasteiger partial charge on any atom is -0.331 e. The fraction of sp³-hybridized carbons (Fsp3) is 0.353. The molecule has 2 N–H and O–H groups in total. The van der Waals surface area contributed by atoms with Gasteiger partial charge in [0.2, 0.25) is 23.6 Å². The Labute approximate surface area is 266 Å². The zero-order chi connectivity index (χ0) is 30.9. The van der Waals surface area contributed by atoms with Crippen LogP contribution in [0.1, 0.15) is 48.1 Å². The average molecular weight is 631 g/mol. The van der Waals surface area contributed by atoms with Crippen molar-refractivity contribution in [3.05, 3.63) is 82.0 Å². The van der Waals surface area contributed by atoms with Crippen molar-refractivity contribution in [3.63, 3.8) is 0 Å². The summed E-state index contributed by atoms with van der Waals surface area (Å²) in [6, 6.07) is 18.2. The number of rotatable bonds is 11. The maximum atomic E-state index is 13.0. The van der Waals surface area contributed by atoms with Gasteiger partial charge in [0.1, 0.15) is 12.1 Å². The number of anilines is 2. The number of thiophene rings is 1. The van der Waals surface area contributed by atoms with Crippen LogP contribution >= 0.6 is 23.1 Å². The summed E-state index contributed by atoms with van der Waals surface area (Å²) in [6.45, 7) is 1.25. The lowest BCUT2D eigenvalue weighted by atomic mass is 10.1. The highest BCUT2D eigenvalue weighted by atomic mass is 32.2. The van der Waals surface area contributed by atoms with E-state index < -0.39 is 12.1 Å². The van der Waals surface area contributed by atoms with E-state index in [0.717, 1.165) is 34.6 Å². The number of amides is 4. The van der Waals surface area contributed by atoms with Crippen LogP contribution in [-0.4, -0.2) is 70.6 Å². The summed E-state index contributed by atoms with van der Waals surface area (Å²) < 4.78 is 0. The minimum absolute atomic E-state index is 0.00457. The van der Waals surface area contributed by atoms with E-state index in [1.54, 1.807) is 32.9 Å². The summed E-state index contributed by atoms with van der Waals surface area (Å²) in [6.07, 6.45) is 9.76. The molecule has 44 heavy (non-hydrogen) atoms. The minimum atomic E-state index is -0.445. The highest BCUT2D eigenvalue weighted by molar-refractivity contribution is 7.98. The third-order valence-electron chi connectivity index (χ3n) is 8.00.